The average molecular weight is 350 g/mol. The zero-order chi connectivity index (χ0) is 14.8. The first-order valence-electron chi connectivity index (χ1n) is 7.54. The minimum atomic E-state index is -0.255. The van der Waals surface area contributed by atoms with Gasteiger partial charge in [0.05, 0.1) is 12.7 Å². The van der Waals surface area contributed by atoms with Crippen molar-refractivity contribution in [1.82, 2.24) is 4.57 Å². The third-order valence-corrected chi connectivity index (χ3v) is 4.87. The number of rotatable bonds is 4. The van der Waals surface area contributed by atoms with Crippen molar-refractivity contribution in [2.24, 2.45) is 0 Å². The van der Waals surface area contributed by atoms with Gasteiger partial charge in [-0.25, -0.2) is 4.79 Å². The molecule has 1 aromatic carbocycles. The Morgan fingerprint density at radius 1 is 1.33 bits per heavy atom. The van der Waals surface area contributed by atoms with E-state index in [2.05, 4.69) is 26.6 Å². The van der Waals surface area contributed by atoms with Gasteiger partial charge >= 0.3 is 5.97 Å². The molecular formula is C17H20BrNO2. The lowest BCUT2D eigenvalue weighted by atomic mass is 9.95. The summed E-state index contributed by atoms with van der Waals surface area (Å²) in [7, 11) is 1.43. The molecule has 0 saturated carbocycles. The van der Waals surface area contributed by atoms with E-state index in [4.69, 9.17) is 4.74 Å². The lowest BCUT2D eigenvalue weighted by molar-refractivity contribution is 0.0601. The van der Waals surface area contributed by atoms with Crippen LogP contribution in [-0.2, 0) is 24.1 Å². The van der Waals surface area contributed by atoms with Crippen LogP contribution in [0.4, 0.5) is 0 Å². The van der Waals surface area contributed by atoms with Crippen LogP contribution >= 0.6 is 15.9 Å². The molecule has 21 heavy (non-hydrogen) atoms. The van der Waals surface area contributed by atoms with Crippen molar-refractivity contribution in [3.8, 4) is 0 Å². The summed E-state index contributed by atoms with van der Waals surface area (Å²) in [6.07, 6.45) is 5.90. The van der Waals surface area contributed by atoms with Crippen molar-refractivity contribution in [3.05, 3.63) is 35.0 Å². The highest BCUT2D eigenvalue weighted by Gasteiger charge is 2.20. The number of alkyl halides is 1. The molecule has 1 heterocycles. The molecule has 0 radical (unpaired) electrons. The molecular weight excluding hydrogens is 330 g/mol. The quantitative estimate of drug-likeness (QED) is 0.614. The molecule has 0 atom stereocenters. The number of ether oxygens (including phenoxy) is 1. The molecule has 1 aliphatic carbocycles. The highest BCUT2D eigenvalue weighted by Crippen LogP contribution is 2.33. The predicted octanol–water partition coefficient (Wildman–Crippen LogP) is 4.09. The Kier molecular flexibility index (Phi) is 4.34. The monoisotopic (exact) mass is 349 g/mol. The van der Waals surface area contributed by atoms with Gasteiger partial charge in [-0.3, -0.25) is 0 Å². The summed E-state index contributed by atoms with van der Waals surface area (Å²) in [6.45, 7) is 1.04. The Bertz CT molecular complexity index is 675. The Balaban J connectivity index is 2.15. The van der Waals surface area contributed by atoms with Crippen LogP contribution in [0.1, 0.15) is 40.9 Å². The molecule has 4 heteroatoms. The fourth-order valence-electron chi connectivity index (χ4n) is 3.35. The fourth-order valence-corrected chi connectivity index (χ4v) is 3.60. The molecule has 3 nitrogen and oxygen atoms in total. The smallest absolute Gasteiger partial charge is 0.337 e. The second-order valence-corrected chi connectivity index (χ2v) is 6.34. The molecule has 1 aromatic heterocycles. The number of hydrogen-bond acceptors (Lipinski definition) is 2. The van der Waals surface area contributed by atoms with E-state index < -0.39 is 0 Å². The molecule has 0 fully saturated rings. The number of hydrogen-bond donors (Lipinski definition) is 0. The number of fused-ring (bicyclic) bond motifs is 3. The van der Waals surface area contributed by atoms with Gasteiger partial charge < -0.3 is 9.30 Å². The number of carbonyl (C=O) groups excluding carboxylic acids is 1. The number of methoxy groups -OCH3 is 1. The maximum atomic E-state index is 11.8. The zero-order valence-electron chi connectivity index (χ0n) is 12.3. The molecule has 0 saturated heterocycles. The second kappa shape index (κ2) is 6.22. The molecule has 2 aromatic rings. The van der Waals surface area contributed by atoms with Crippen molar-refractivity contribution in [1.29, 1.82) is 0 Å². The Morgan fingerprint density at radius 2 is 2.14 bits per heavy atom. The highest BCUT2D eigenvalue weighted by molar-refractivity contribution is 9.09. The van der Waals surface area contributed by atoms with E-state index in [1.165, 1.54) is 42.1 Å². The molecule has 112 valence electrons. The Morgan fingerprint density at radius 3 is 2.90 bits per heavy atom. The van der Waals surface area contributed by atoms with Gasteiger partial charge in [-0.1, -0.05) is 15.9 Å². The minimum Gasteiger partial charge on any atom is -0.465 e. The van der Waals surface area contributed by atoms with Gasteiger partial charge in [0.1, 0.15) is 0 Å². The van der Waals surface area contributed by atoms with Crippen LogP contribution < -0.4 is 0 Å². The Labute approximate surface area is 133 Å². The lowest BCUT2D eigenvalue weighted by Gasteiger charge is -2.15. The number of nitrogens with zero attached hydrogens (tertiary/aromatic N) is 1. The van der Waals surface area contributed by atoms with Gasteiger partial charge in [0.2, 0.25) is 0 Å². The normalized spacial score (nSPS) is 14.2. The van der Waals surface area contributed by atoms with Gasteiger partial charge in [0, 0.05) is 28.5 Å². The molecule has 0 bridgehead atoms. The van der Waals surface area contributed by atoms with E-state index >= 15 is 0 Å². The van der Waals surface area contributed by atoms with Crippen LogP contribution in [0.15, 0.2) is 18.2 Å². The topological polar surface area (TPSA) is 31.2 Å². The van der Waals surface area contributed by atoms with E-state index in [0.29, 0.717) is 5.56 Å². The first-order chi connectivity index (χ1) is 10.3. The summed E-state index contributed by atoms with van der Waals surface area (Å²) in [6, 6.07) is 5.97. The van der Waals surface area contributed by atoms with Crippen molar-refractivity contribution >= 4 is 32.8 Å². The van der Waals surface area contributed by atoms with E-state index in [9.17, 15) is 4.79 Å². The second-order valence-electron chi connectivity index (χ2n) is 5.55. The molecule has 1 aliphatic rings. The largest absolute Gasteiger partial charge is 0.465 e. The van der Waals surface area contributed by atoms with E-state index in [-0.39, 0.29) is 5.97 Å². The number of aromatic nitrogens is 1. The summed E-state index contributed by atoms with van der Waals surface area (Å²) in [5, 5.41) is 2.25. The number of esters is 1. The van der Waals surface area contributed by atoms with Gasteiger partial charge in [0.25, 0.3) is 0 Å². The molecule has 3 rings (SSSR count). The highest BCUT2D eigenvalue weighted by atomic mass is 79.9. The minimum absolute atomic E-state index is 0.255. The third-order valence-electron chi connectivity index (χ3n) is 4.31. The summed E-state index contributed by atoms with van der Waals surface area (Å²) < 4.78 is 7.30. The van der Waals surface area contributed by atoms with Gasteiger partial charge in [-0.05, 0) is 55.9 Å². The van der Waals surface area contributed by atoms with Crippen LogP contribution in [0.25, 0.3) is 10.9 Å². The molecule has 0 spiro atoms. The van der Waals surface area contributed by atoms with Gasteiger partial charge in [0.15, 0.2) is 0 Å². The SMILES string of the molecule is COC(=O)c1ccc2c(c1)c1c(n2CCCBr)CCCC1. The van der Waals surface area contributed by atoms with Crippen LogP contribution in [-0.4, -0.2) is 23.0 Å². The van der Waals surface area contributed by atoms with Gasteiger partial charge in [-0.15, -0.1) is 0 Å². The van der Waals surface area contributed by atoms with E-state index in [0.717, 1.165) is 31.1 Å². The number of aryl methyl sites for hydroxylation is 2. The van der Waals surface area contributed by atoms with Crippen LogP contribution in [0, 0.1) is 0 Å². The van der Waals surface area contributed by atoms with Crippen LogP contribution in [0.2, 0.25) is 0 Å². The zero-order valence-corrected chi connectivity index (χ0v) is 13.9. The fraction of sp³-hybridized carbons (Fsp3) is 0.471. The first kappa shape index (κ1) is 14.6. The maximum absolute atomic E-state index is 11.8. The van der Waals surface area contributed by atoms with Gasteiger partial charge in [-0.2, -0.15) is 0 Å². The summed E-state index contributed by atoms with van der Waals surface area (Å²) in [5.41, 5.74) is 4.82. The van der Waals surface area contributed by atoms with Crippen molar-refractivity contribution in [2.45, 2.75) is 38.6 Å². The first-order valence-corrected chi connectivity index (χ1v) is 8.66. The van der Waals surface area contributed by atoms with E-state index in [1.54, 1.807) is 0 Å². The summed E-state index contributed by atoms with van der Waals surface area (Å²) in [5.74, 6) is -0.255. The number of halogens is 1. The molecule has 0 amide bonds. The number of benzene rings is 1. The molecule has 0 N–H and O–H groups in total. The standard InChI is InChI=1S/C17H20BrNO2/c1-21-17(20)12-7-8-16-14(11-12)13-5-2-3-6-15(13)19(16)10-4-9-18/h7-8,11H,2-6,9-10H2,1H3. The summed E-state index contributed by atoms with van der Waals surface area (Å²) >= 11 is 3.52. The molecule has 0 unspecified atom stereocenters. The van der Waals surface area contributed by atoms with Crippen molar-refractivity contribution in [2.75, 3.05) is 12.4 Å². The predicted molar refractivity (Wildman–Crippen MR) is 88.3 cm³/mol. The average Bonchev–Trinajstić information content (AvgIpc) is 2.85. The Hall–Kier alpha value is -1.29. The lowest BCUT2D eigenvalue weighted by Crippen LogP contribution is -2.08. The maximum Gasteiger partial charge on any atom is 0.337 e. The summed E-state index contributed by atoms with van der Waals surface area (Å²) in [4.78, 5) is 11.8. The third kappa shape index (κ3) is 2.61. The van der Waals surface area contributed by atoms with Crippen molar-refractivity contribution in [3.63, 3.8) is 0 Å². The van der Waals surface area contributed by atoms with Crippen molar-refractivity contribution < 1.29 is 9.53 Å². The number of carbonyl (C=O) groups is 1. The van der Waals surface area contributed by atoms with Crippen LogP contribution in [0.5, 0.6) is 0 Å². The van der Waals surface area contributed by atoms with Crippen LogP contribution in [0.3, 0.4) is 0 Å². The van der Waals surface area contributed by atoms with E-state index in [1.807, 2.05) is 12.1 Å². The molecule has 0 aliphatic heterocycles.